The topological polar surface area (TPSA) is 43.8 Å². The first kappa shape index (κ1) is 12.8. The van der Waals surface area contributed by atoms with Gasteiger partial charge in [0.15, 0.2) is 0 Å². The molecule has 2 aromatic rings. The van der Waals surface area contributed by atoms with Crippen molar-refractivity contribution in [1.29, 1.82) is 0 Å². The van der Waals surface area contributed by atoms with Gasteiger partial charge in [0.2, 0.25) is 0 Å². The number of aryl methyl sites for hydroxylation is 2. The summed E-state index contributed by atoms with van der Waals surface area (Å²) in [5.74, 6) is 0. The third kappa shape index (κ3) is 2.62. The average molecular weight is 243 g/mol. The van der Waals surface area contributed by atoms with E-state index < -0.39 is 0 Å². The molecule has 0 radical (unpaired) electrons. The van der Waals surface area contributed by atoms with Gasteiger partial charge in [-0.25, -0.2) is 0 Å². The van der Waals surface area contributed by atoms with Crippen LogP contribution in [0.4, 0.5) is 0 Å². The molecule has 0 bridgehead atoms. The number of nitrogens with zero attached hydrogens (tertiary/aromatic N) is 2. The maximum absolute atomic E-state index is 6.31. The highest BCUT2D eigenvalue weighted by atomic mass is 15.3. The van der Waals surface area contributed by atoms with Crippen molar-refractivity contribution in [2.24, 2.45) is 5.73 Å². The Kier molecular flexibility index (Phi) is 3.82. The molecule has 1 aromatic carbocycles. The summed E-state index contributed by atoms with van der Waals surface area (Å²) >= 11 is 0. The first-order valence-corrected chi connectivity index (χ1v) is 6.48. The molecule has 2 rings (SSSR count). The molecule has 0 aliphatic heterocycles. The summed E-state index contributed by atoms with van der Waals surface area (Å²) in [5.41, 5.74) is 9.84. The average Bonchev–Trinajstić information content (AvgIpc) is 2.84. The van der Waals surface area contributed by atoms with Crippen LogP contribution in [0.2, 0.25) is 0 Å². The van der Waals surface area contributed by atoms with Crippen LogP contribution < -0.4 is 5.73 Å². The highest BCUT2D eigenvalue weighted by molar-refractivity contribution is 5.25. The lowest BCUT2D eigenvalue weighted by molar-refractivity contribution is 0.413. The van der Waals surface area contributed by atoms with E-state index in [0.29, 0.717) is 0 Å². The van der Waals surface area contributed by atoms with E-state index >= 15 is 0 Å². The van der Waals surface area contributed by atoms with Crippen LogP contribution in [-0.2, 0) is 6.42 Å². The van der Waals surface area contributed by atoms with Gasteiger partial charge in [0, 0.05) is 6.20 Å². The molecule has 2 N–H and O–H groups in total. The quantitative estimate of drug-likeness (QED) is 0.897. The van der Waals surface area contributed by atoms with E-state index in [-0.39, 0.29) is 12.1 Å². The molecule has 0 spiro atoms. The Balaban J connectivity index is 2.16. The van der Waals surface area contributed by atoms with Crippen molar-refractivity contribution in [1.82, 2.24) is 9.78 Å². The standard InChI is InChI=1S/C15H21N3/c1-4-13-5-7-14(8-6-13)15(16)12(3)18-10-9-11(2)17-18/h5-10,12,15H,4,16H2,1-3H3. The first-order chi connectivity index (χ1) is 8.61. The highest BCUT2D eigenvalue weighted by Gasteiger charge is 2.16. The van der Waals surface area contributed by atoms with Gasteiger partial charge in [-0.15, -0.1) is 0 Å². The van der Waals surface area contributed by atoms with Crippen LogP contribution in [-0.4, -0.2) is 9.78 Å². The molecule has 2 atom stereocenters. The zero-order valence-corrected chi connectivity index (χ0v) is 11.3. The molecule has 1 aromatic heterocycles. The van der Waals surface area contributed by atoms with E-state index in [1.807, 2.05) is 23.9 Å². The van der Waals surface area contributed by atoms with Crippen molar-refractivity contribution in [3.05, 3.63) is 53.3 Å². The second kappa shape index (κ2) is 5.36. The zero-order valence-electron chi connectivity index (χ0n) is 11.3. The van der Waals surface area contributed by atoms with Gasteiger partial charge >= 0.3 is 0 Å². The second-order valence-corrected chi connectivity index (χ2v) is 4.80. The molecule has 3 heteroatoms. The van der Waals surface area contributed by atoms with E-state index in [4.69, 9.17) is 5.73 Å². The van der Waals surface area contributed by atoms with E-state index in [2.05, 4.69) is 43.2 Å². The smallest absolute Gasteiger partial charge is 0.0683 e. The van der Waals surface area contributed by atoms with Crippen LogP contribution in [0.15, 0.2) is 36.5 Å². The molecule has 3 nitrogen and oxygen atoms in total. The summed E-state index contributed by atoms with van der Waals surface area (Å²) in [4.78, 5) is 0. The van der Waals surface area contributed by atoms with E-state index in [0.717, 1.165) is 17.7 Å². The van der Waals surface area contributed by atoms with Gasteiger partial charge in [-0.05, 0) is 37.5 Å². The minimum Gasteiger partial charge on any atom is -0.322 e. The fourth-order valence-electron chi connectivity index (χ4n) is 2.08. The van der Waals surface area contributed by atoms with Crippen molar-refractivity contribution in [3.8, 4) is 0 Å². The predicted octanol–water partition coefficient (Wildman–Crippen LogP) is 3.01. The summed E-state index contributed by atoms with van der Waals surface area (Å²) in [6.07, 6.45) is 3.05. The molecule has 0 aliphatic rings. The summed E-state index contributed by atoms with van der Waals surface area (Å²) in [7, 11) is 0. The SMILES string of the molecule is CCc1ccc(C(N)C(C)n2ccc(C)n2)cc1. The Morgan fingerprint density at radius 3 is 2.39 bits per heavy atom. The molecule has 18 heavy (non-hydrogen) atoms. The van der Waals surface area contributed by atoms with Crippen molar-refractivity contribution in [2.75, 3.05) is 0 Å². The highest BCUT2D eigenvalue weighted by Crippen LogP contribution is 2.23. The van der Waals surface area contributed by atoms with Gasteiger partial charge in [0.1, 0.15) is 0 Å². The van der Waals surface area contributed by atoms with Gasteiger partial charge in [-0.1, -0.05) is 31.2 Å². The molecule has 0 fully saturated rings. The van der Waals surface area contributed by atoms with E-state index in [9.17, 15) is 0 Å². The number of rotatable bonds is 4. The maximum Gasteiger partial charge on any atom is 0.0683 e. The molecule has 0 aliphatic carbocycles. The summed E-state index contributed by atoms with van der Waals surface area (Å²) in [5, 5.41) is 4.43. The normalized spacial score (nSPS) is 14.4. The predicted molar refractivity (Wildman–Crippen MR) is 74.4 cm³/mol. The molecule has 96 valence electrons. The van der Waals surface area contributed by atoms with Crippen LogP contribution in [0.25, 0.3) is 0 Å². The van der Waals surface area contributed by atoms with Crippen molar-refractivity contribution in [3.63, 3.8) is 0 Å². The largest absolute Gasteiger partial charge is 0.322 e. The summed E-state index contributed by atoms with van der Waals surface area (Å²) in [6, 6.07) is 10.7. The Morgan fingerprint density at radius 1 is 1.22 bits per heavy atom. The van der Waals surface area contributed by atoms with Gasteiger partial charge in [-0.2, -0.15) is 5.10 Å². The fraction of sp³-hybridized carbons (Fsp3) is 0.400. The molecule has 0 amide bonds. The third-order valence-corrected chi connectivity index (χ3v) is 3.45. The minimum atomic E-state index is -0.0322. The Bertz CT molecular complexity index is 499. The van der Waals surface area contributed by atoms with E-state index in [1.54, 1.807) is 0 Å². The van der Waals surface area contributed by atoms with Crippen LogP contribution in [0, 0.1) is 6.92 Å². The zero-order chi connectivity index (χ0) is 13.1. The van der Waals surface area contributed by atoms with Crippen molar-refractivity contribution < 1.29 is 0 Å². The molecule has 2 unspecified atom stereocenters. The monoisotopic (exact) mass is 243 g/mol. The maximum atomic E-state index is 6.31. The Labute approximate surface area is 109 Å². The number of hydrogen-bond donors (Lipinski definition) is 1. The molecule has 0 saturated carbocycles. The summed E-state index contributed by atoms with van der Waals surface area (Å²) < 4.78 is 1.94. The second-order valence-electron chi connectivity index (χ2n) is 4.80. The van der Waals surface area contributed by atoms with Crippen LogP contribution >= 0.6 is 0 Å². The molecule has 1 heterocycles. The minimum absolute atomic E-state index is 0.0322. The third-order valence-electron chi connectivity index (χ3n) is 3.45. The fourth-order valence-corrected chi connectivity index (χ4v) is 2.08. The van der Waals surface area contributed by atoms with Crippen molar-refractivity contribution >= 4 is 0 Å². The number of benzene rings is 1. The lowest BCUT2D eigenvalue weighted by atomic mass is 10.00. The Morgan fingerprint density at radius 2 is 1.89 bits per heavy atom. The van der Waals surface area contributed by atoms with Gasteiger partial charge in [0.05, 0.1) is 17.8 Å². The number of nitrogens with two attached hydrogens (primary N) is 1. The van der Waals surface area contributed by atoms with E-state index in [1.165, 1.54) is 5.56 Å². The lowest BCUT2D eigenvalue weighted by Gasteiger charge is -2.21. The summed E-state index contributed by atoms with van der Waals surface area (Å²) in [6.45, 7) is 6.25. The number of aromatic nitrogens is 2. The van der Waals surface area contributed by atoms with Gasteiger partial charge < -0.3 is 5.73 Å². The Hall–Kier alpha value is -1.61. The lowest BCUT2D eigenvalue weighted by Crippen LogP contribution is -2.22. The molecular weight excluding hydrogens is 222 g/mol. The van der Waals surface area contributed by atoms with Gasteiger partial charge in [0.25, 0.3) is 0 Å². The number of hydrogen-bond acceptors (Lipinski definition) is 2. The first-order valence-electron chi connectivity index (χ1n) is 6.48. The molecule has 0 saturated heterocycles. The van der Waals surface area contributed by atoms with Crippen molar-refractivity contribution in [2.45, 2.75) is 39.3 Å². The molecular formula is C15H21N3. The van der Waals surface area contributed by atoms with Crippen LogP contribution in [0.5, 0.6) is 0 Å². The van der Waals surface area contributed by atoms with Crippen LogP contribution in [0.1, 0.15) is 42.8 Å². The van der Waals surface area contributed by atoms with Gasteiger partial charge in [-0.3, -0.25) is 4.68 Å². The van der Waals surface area contributed by atoms with Crippen LogP contribution in [0.3, 0.4) is 0 Å².